The van der Waals surface area contributed by atoms with Crippen molar-refractivity contribution in [2.24, 2.45) is 0 Å². The number of hydrogen-bond acceptors (Lipinski definition) is 2. The quantitative estimate of drug-likeness (QED) is 0.898. The van der Waals surface area contributed by atoms with Crippen LogP contribution in [0.1, 0.15) is 25.7 Å². The fourth-order valence-electron chi connectivity index (χ4n) is 2.07. The SMILES string of the molecule is Cl.Fc1ccc(OCCC2CCCCN2)c(Br)c1. The van der Waals surface area contributed by atoms with Crippen molar-refractivity contribution in [2.75, 3.05) is 13.2 Å². The maximum absolute atomic E-state index is 12.9. The number of hydrogen-bond donors (Lipinski definition) is 1. The van der Waals surface area contributed by atoms with E-state index in [1.54, 1.807) is 6.07 Å². The van der Waals surface area contributed by atoms with Gasteiger partial charge in [-0.3, -0.25) is 0 Å². The Morgan fingerprint density at radius 3 is 2.89 bits per heavy atom. The summed E-state index contributed by atoms with van der Waals surface area (Å²) in [5.74, 6) is 0.459. The van der Waals surface area contributed by atoms with E-state index in [9.17, 15) is 4.39 Å². The molecule has 1 heterocycles. The Balaban J connectivity index is 0.00000162. The lowest BCUT2D eigenvalue weighted by molar-refractivity contribution is 0.267. The second kappa shape index (κ2) is 7.97. The van der Waals surface area contributed by atoms with Gasteiger partial charge >= 0.3 is 0 Å². The number of piperidine rings is 1. The minimum atomic E-state index is -0.252. The third-order valence-corrected chi connectivity index (χ3v) is 3.65. The standard InChI is InChI=1S/C13H17BrFNO.ClH/c14-12-9-10(15)4-5-13(12)17-8-6-11-3-1-2-7-16-11;/h4-5,9,11,16H,1-3,6-8H2;1H. The summed E-state index contributed by atoms with van der Waals surface area (Å²) in [5.41, 5.74) is 0. The summed E-state index contributed by atoms with van der Waals surface area (Å²) in [7, 11) is 0. The van der Waals surface area contributed by atoms with Crippen molar-refractivity contribution in [3.05, 3.63) is 28.5 Å². The lowest BCUT2D eigenvalue weighted by Crippen LogP contribution is -2.35. The molecule has 18 heavy (non-hydrogen) atoms. The van der Waals surface area contributed by atoms with Crippen molar-refractivity contribution in [1.82, 2.24) is 5.32 Å². The van der Waals surface area contributed by atoms with E-state index in [1.165, 1.54) is 31.4 Å². The summed E-state index contributed by atoms with van der Waals surface area (Å²) in [5, 5.41) is 3.48. The van der Waals surface area contributed by atoms with Crippen molar-refractivity contribution >= 4 is 28.3 Å². The minimum Gasteiger partial charge on any atom is -0.492 e. The van der Waals surface area contributed by atoms with Crippen LogP contribution in [0.5, 0.6) is 5.75 Å². The monoisotopic (exact) mass is 337 g/mol. The first-order chi connectivity index (χ1) is 8.25. The number of ether oxygens (including phenoxy) is 1. The Hall–Kier alpha value is -0.320. The van der Waals surface area contributed by atoms with Gasteiger partial charge in [0.05, 0.1) is 11.1 Å². The van der Waals surface area contributed by atoms with Crippen LogP contribution in [0, 0.1) is 5.82 Å². The maximum atomic E-state index is 12.9. The fraction of sp³-hybridized carbons (Fsp3) is 0.538. The number of nitrogens with one attached hydrogen (secondary N) is 1. The van der Waals surface area contributed by atoms with Crippen LogP contribution >= 0.6 is 28.3 Å². The molecule has 1 unspecified atom stereocenters. The Morgan fingerprint density at radius 2 is 2.22 bits per heavy atom. The van der Waals surface area contributed by atoms with Gasteiger partial charge in [0.25, 0.3) is 0 Å². The highest BCUT2D eigenvalue weighted by molar-refractivity contribution is 9.10. The van der Waals surface area contributed by atoms with E-state index in [2.05, 4.69) is 21.2 Å². The molecule has 5 heteroatoms. The van der Waals surface area contributed by atoms with Crippen LogP contribution in [0.2, 0.25) is 0 Å². The van der Waals surface area contributed by atoms with Gasteiger partial charge in [-0.15, -0.1) is 12.4 Å². The van der Waals surface area contributed by atoms with Crippen LogP contribution in [0.3, 0.4) is 0 Å². The Labute approximate surface area is 122 Å². The topological polar surface area (TPSA) is 21.3 Å². The van der Waals surface area contributed by atoms with Gasteiger partial charge in [-0.2, -0.15) is 0 Å². The van der Waals surface area contributed by atoms with Crippen molar-refractivity contribution in [3.8, 4) is 5.75 Å². The first-order valence-corrected chi connectivity index (χ1v) is 6.86. The molecule has 2 rings (SSSR count). The molecule has 1 saturated heterocycles. The molecule has 1 aromatic carbocycles. The average molecular weight is 339 g/mol. The van der Waals surface area contributed by atoms with E-state index < -0.39 is 0 Å². The van der Waals surface area contributed by atoms with Gasteiger partial charge in [0.15, 0.2) is 0 Å². The zero-order valence-electron chi connectivity index (χ0n) is 10.1. The molecule has 0 aliphatic carbocycles. The van der Waals surface area contributed by atoms with E-state index in [4.69, 9.17) is 4.74 Å². The van der Waals surface area contributed by atoms with E-state index in [0.29, 0.717) is 22.9 Å². The van der Waals surface area contributed by atoms with Gasteiger partial charge in [-0.05, 0) is 59.9 Å². The Morgan fingerprint density at radius 1 is 1.39 bits per heavy atom. The largest absolute Gasteiger partial charge is 0.492 e. The third-order valence-electron chi connectivity index (χ3n) is 3.03. The van der Waals surface area contributed by atoms with E-state index >= 15 is 0 Å². The molecular formula is C13H18BrClFNO. The second-order valence-corrected chi connectivity index (χ2v) is 5.21. The van der Waals surface area contributed by atoms with Crippen LogP contribution in [-0.2, 0) is 0 Å². The van der Waals surface area contributed by atoms with Gasteiger partial charge in [-0.25, -0.2) is 4.39 Å². The van der Waals surface area contributed by atoms with Crippen LogP contribution in [-0.4, -0.2) is 19.2 Å². The Bertz CT molecular complexity index is 372. The molecule has 1 aliphatic rings. The molecule has 1 fully saturated rings. The van der Waals surface area contributed by atoms with Crippen LogP contribution < -0.4 is 10.1 Å². The highest BCUT2D eigenvalue weighted by Gasteiger charge is 2.12. The number of benzene rings is 1. The van der Waals surface area contributed by atoms with Gasteiger partial charge in [0.2, 0.25) is 0 Å². The molecule has 1 atom stereocenters. The molecular weight excluding hydrogens is 321 g/mol. The van der Waals surface area contributed by atoms with Crippen molar-refractivity contribution in [2.45, 2.75) is 31.7 Å². The van der Waals surface area contributed by atoms with Crippen molar-refractivity contribution in [3.63, 3.8) is 0 Å². The van der Waals surface area contributed by atoms with Crippen LogP contribution in [0.4, 0.5) is 4.39 Å². The van der Waals surface area contributed by atoms with Gasteiger partial charge in [0.1, 0.15) is 11.6 Å². The van der Waals surface area contributed by atoms with Crippen LogP contribution in [0.15, 0.2) is 22.7 Å². The van der Waals surface area contributed by atoms with E-state index in [-0.39, 0.29) is 18.2 Å². The first kappa shape index (κ1) is 15.7. The van der Waals surface area contributed by atoms with Crippen molar-refractivity contribution in [1.29, 1.82) is 0 Å². The molecule has 1 aliphatic heterocycles. The van der Waals surface area contributed by atoms with E-state index in [1.807, 2.05) is 0 Å². The lowest BCUT2D eigenvalue weighted by Gasteiger charge is -2.23. The highest BCUT2D eigenvalue weighted by Crippen LogP contribution is 2.25. The molecule has 102 valence electrons. The zero-order valence-corrected chi connectivity index (χ0v) is 12.5. The predicted octanol–water partition coefficient (Wildman–Crippen LogP) is 3.92. The van der Waals surface area contributed by atoms with Gasteiger partial charge in [0, 0.05) is 6.04 Å². The number of halogens is 3. The molecule has 0 aromatic heterocycles. The summed E-state index contributed by atoms with van der Waals surface area (Å²) in [6.45, 7) is 1.78. The summed E-state index contributed by atoms with van der Waals surface area (Å²) >= 11 is 3.29. The molecule has 0 bridgehead atoms. The Kier molecular flexibility index (Phi) is 6.97. The van der Waals surface area contributed by atoms with Crippen molar-refractivity contribution < 1.29 is 9.13 Å². The molecule has 0 amide bonds. The molecule has 1 aromatic rings. The molecule has 2 nitrogen and oxygen atoms in total. The first-order valence-electron chi connectivity index (χ1n) is 6.07. The van der Waals surface area contributed by atoms with E-state index in [0.717, 1.165) is 13.0 Å². The normalized spacial score (nSPS) is 19.1. The second-order valence-electron chi connectivity index (χ2n) is 4.36. The minimum absolute atomic E-state index is 0. The van der Waals surface area contributed by atoms with Crippen LogP contribution in [0.25, 0.3) is 0 Å². The zero-order chi connectivity index (χ0) is 12.1. The summed E-state index contributed by atoms with van der Waals surface area (Å²) < 4.78 is 19.2. The molecule has 0 saturated carbocycles. The van der Waals surface area contributed by atoms with Gasteiger partial charge < -0.3 is 10.1 Å². The van der Waals surface area contributed by atoms with Gasteiger partial charge in [-0.1, -0.05) is 6.42 Å². The summed E-state index contributed by atoms with van der Waals surface area (Å²) in [6, 6.07) is 5.07. The smallest absolute Gasteiger partial charge is 0.133 e. The highest BCUT2D eigenvalue weighted by atomic mass is 79.9. The maximum Gasteiger partial charge on any atom is 0.133 e. The molecule has 1 N–H and O–H groups in total. The summed E-state index contributed by atoms with van der Waals surface area (Å²) in [4.78, 5) is 0. The fourth-order valence-corrected chi connectivity index (χ4v) is 2.54. The lowest BCUT2D eigenvalue weighted by atomic mass is 10.0. The third kappa shape index (κ3) is 4.75. The molecule has 0 spiro atoms. The number of rotatable bonds is 4. The predicted molar refractivity (Wildman–Crippen MR) is 77.1 cm³/mol. The average Bonchev–Trinajstić information content (AvgIpc) is 2.33. The molecule has 0 radical (unpaired) electrons. The summed E-state index contributed by atoms with van der Waals surface area (Å²) in [6.07, 6.45) is 4.82.